The lowest BCUT2D eigenvalue weighted by Gasteiger charge is -2.36. The van der Waals surface area contributed by atoms with E-state index in [1.54, 1.807) is 0 Å². The fraction of sp³-hybridized carbons (Fsp3) is 0.786. The van der Waals surface area contributed by atoms with E-state index in [0.29, 0.717) is 18.3 Å². The summed E-state index contributed by atoms with van der Waals surface area (Å²) < 4.78 is 5.65. The SMILES string of the molecule is C[C@@H]1CC[C@H]2CC(=O)O[C@H](C3=CCCC3)[C@H]21. The maximum atomic E-state index is 11.6. The third-order valence-corrected chi connectivity index (χ3v) is 4.67. The lowest BCUT2D eigenvalue weighted by molar-refractivity contribution is -0.159. The maximum Gasteiger partial charge on any atom is 0.306 e. The van der Waals surface area contributed by atoms with Crippen molar-refractivity contribution in [1.82, 2.24) is 0 Å². The first-order valence-corrected chi connectivity index (χ1v) is 6.64. The largest absolute Gasteiger partial charge is 0.457 e. The highest BCUT2D eigenvalue weighted by atomic mass is 16.5. The van der Waals surface area contributed by atoms with Crippen molar-refractivity contribution >= 4 is 5.97 Å². The molecule has 3 aliphatic rings. The lowest BCUT2D eigenvalue weighted by atomic mass is 9.79. The molecular weight excluding hydrogens is 200 g/mol. The van der Waals surface area contributed by atoms with Crippen LogP contribution in [0.4, 0.5) is 0 Å². The first-order valence-electron chi connectivity index (χ1n) is 6.64. The maximum absolute atomic E-state index is 11.6. The number of esters is 1. The van der Waals surface area contributed by atoms with Crippen LogP contribution in [0.5, 0.6) is 0 Å². The highest BCUT2D eigenvalue weighted by molar-refractivity contribution is 5.71. The lowest BCUT2D eigenvalue weighted by Crippen LogP contribution is -2.39. The fourth-order valence-electron chi connectivity index (χ4n) is 3.87. The molecule has 0 aromatic heterocycles. The summed E-state index contributed by atoms with van der Waals surface area (Å²) in [5.74, 6) is 1.97. The van der Waals surface area contributed by atoms with Gasteiger partial charge in [0.1, 0.15) is 6.10 Å². The third kappa shape index (κ3) is 1.59. The summed E-state index contributed by atoms with van der Waals surface area (Å²) in [5, 5.41) is 0. The Morgan fingerprint density at radius 1 is 1.38 bits per heavy atom. The number of carbonyl (C=O) groups excluding carboxylic acids is 1. The van der Waals surface area contributed by atoms with Crippen molar-refractivity contribution in [3.8, 4) is 0 Å². The van der Waals surface area contributed by atoms with Crippen LogP contribution in [-0.2, 0) is 9.53 Å². The molecular formula is C14H20O2. The molecule has 2 heteroatoms. The Balaban J connectivity index is 1.86. The summed E-state index contributed by atoms with van der Waals surface area (Å²) in [6.07, 6.45) is 9.18. The number of ether oxygens (including phenoxy) is 1. The zero-order valence-corrected chi connectivity index (χ0v) is 9.95. The average molecular weight is 220 g/mol. The summed E-state index contributed by atoms with van der Waals surface area (Å²) in [5.41, 5.74) is 1.41. The molecule has 1 aliphatic heterocycles. The highest BCUT2D eigenvalue weighted by Crippen LogP contribution is 2.47. The normalized spacial score (nSPS) is 42.8. The Morgan fingerprint density at radius 2 is 2.25 bits per heavy atom. The molecule has 16 heavy (non-hydrogen) atoms. The Hall–Kier alpha value is -0.790. The van der Waals surface area contributed by atoms with Gasteiger partial charge in [0.2, 0.25) is 0 Å². The standard InChI is InChI=1S/C14H20O2/c1-9-6-7-11-8-12(15)16-14(13(9)11)10-4-2-3-5-10/h4,9,11,13-14H,2-3,5-8H2,1H3/t9-,11+,13+,14-/m1/s1. The predicted octanol–water partition coefficient (Wildman–Crippen LogP) is 3.07. The van der Waals surface area contributed by atoms with Gasteiger partial charge >= 0.3 is 5.97 Å². The molecule has 0 unspecified atom stereocenters. The summed E-state index contributed by atoms with van der Waals surface area (Å²) in [7, 11) is 0. The van der Waals surface area contributed by atoms with Gasteiger partial charge in [-0.05, 0) is 49.5 Å². The number of hydrogen-bond acceptors (Lipinski definition) is 2. The monoisotopic (exact) mass is 220 g/mol. The van der Waals surface area contributed by atoms with Crippen molar-refractivity contribution in [2.75, 3.05) is 0 Å². The van der Waals surface area contributed by atoms with Crippen LogP contribution in [-0.4, -0.2) is 12.1 Å². The number of hydrogen-bond donors (Lipinski definition) is 0. The van der Waals surface area contributed by atoms with Gasteiger partial charge in [-0.15, -0.1) is 0 Å². The van der Waals surface area contributed by atoms with E-state index in [0.717, 1.165) is 12.3 Å². The minimum Gasteiger partial charge on any atom is -0.457 e. The molecule has 2 fully saturated rings. The first-order chi connectivity index (χ1) is 7.75. The minimum absolute atomic E-state index is 0.0353. The molecule has 0 N–H and O–H groups in total. The third-order valence-electron chi connectivity index (χ3n) is 4.67. The van der Waals surface area contributed by atoms with E-state index in [1.807, 2.05) is 0 Å². The number of rotatable bonds is 1. The second-order valence-electron chi connectivity index (χ2n) is 5.68. The second kappa shape index (κ2) is 3.90. The number of cyclic esters (lactones) is 1. The van der Waals surface area contributed by atoms with Gasteiger partial charge in [0.15, 0.2) is 0 Å². The van der Waals surface area contributed by atoms with Crippen molar-refractivity contribution in [1.29, 1.82) is 0 Å². The van der Waals surface area contributed by atoms with E-state index in [1.165, 1.54) is 31.3 Å². The molecule has 0 aromatic carbocycles. The summed E-state index contributed by atoms with van der Waals surface area (Å²) in [6.45, 7) is 2.33. The Labute approximate surface area is 97.1 Å². The van der Waals surface area contributed by atoms with E-state index in [4.69, 9.17) is 4.74 Å². The smallest absolute Gasteiger partial charge is 0.306 e. The topological polar surface area (TPSA) is 26.3 Å². The molecule has 0 amide bonds. The Bertz CT molecular complexity index is 332. The van der Waals surface area contributed by atoms with Gasteiger partial charge in [0.05, 0.1) is 0 Å². The van der Waals surface area contributed by atoms with Crippen molar-refractivity contribution in [3.05, 3.63) is 11.6 Å². The molecule has 1 saturated carbocycles. The first kappa shape index (κ1) is 10.4. The van der Waals surface area contributed by atoms with Crippen LogP contribution in [0.1, 0.15) is 45.4 Å². The zero-order chi connectivity index (χ0) is 11.1. The minimum atomic E-state index is 0.0353. The number of allylic oxidation sites excluding steroid dienone is 1. The molecule has 2 aliphatic carbocycles. The van der Waals surface area contributed by atoms with Crippen molar-refractivity contribution in [2.45, 2.75) is 51.6 Å². The van der Waals surface area contributed by atoms with Gasteiger partial charge in [-0.25, -0.2) is 0 Å². The van der Waals surface area contributed by atoms with Gasteiger partial charge in [-0.2, -0.15) is 0 Å². The van der Waals surface area contributed by atoms with Crippen LogP contribution in [0, 0.1) is 17.8 Å². The average Bonchev–Trinajstić information content (AvgIpc) is 2.87. The molecule has 88 valence electrons. The molecule has 0 aromatic rings. The van der Waals surface area contributed by atoms with E-state index < -0.39 is 0 Å². The van der Waals surface area contributed by atoms with Gasteiger partial charge in [0.25, 0.3) is 0 Å². The van der Waals surface area contributed by atoms with E-state index in [2.05, 4.69) is 13.0 Å². The van der Waals surface area contributed by atoms with Crippen LogP contribution in [0.25, 0.3) is 0 Å². The molecule has 2 nitrogen and oxygen atoms in total. The van der Waals surface area contributed by atoms with Gasteiger partial charge in [-0.3, -0.25) is 4.79 Å². The summed E-state index contributed by atoms with van der Waals surface area (Å²) in [6, 6.07) is 0. The Morgan fingerprint density at radius 3 is 3.00 bits per heavy atom. The summed E-state index contributed by atoms with van der Waals surface area (Å²) >= 11 is 0. The van der Waals surface area contributed by atoms with Gasteiger partial charge in [0, 0.05) is 12.3 Å². The predicted molar refractivity (Wildman–Crippen MR) is 61.8 cm³/mol. The molecule has 3 rings (SSSR count). The van der Waals surface area contributed by atoms with Crippen LogP contribution in [0.2, 0.25) is 0 Å². The van der Waals surface area contributed by atoms with Crippen LogP contribution in [0.15, 0.2) is 11.6 Å². The second-order valence-corrected chi connectivity index (χ2v) is 5.68. The number of carbonyl (C=O) groups is 1. The molecule has 0 bridgehead atoms. The van der Waals surface area contributed by atoms with Gasteiger partial charge < -0.3 is 4.74 Å². The number of fused-ring (bicyclic) bond motifs is 1. The Kier molecular flexibility index (Phi) is 2.53. The molecule has 0 radical (unpaired) electrons. The van der Waals surface area contributed by atoms with Crippen LogP contribution >= 0.6 is 0 Å². The van der Waals surface area contributed by atoms with Crippen LogP contribution in [0.3, 0.4) is 0 Å². The zero-order valence-electron chi connectivity index (χ0n) is 9.95. The van der Waals surface area contributed by atoms with E-state index in [-0.39, 0.29) is 12.1 Å². The summed E-state index contributed by atoms with van der Waals surface area (Å²) in [4.78, 5) is 11.6. The quantitative estimate of drug-likeness (QED) is 0.501. The molecule has 1 heterocycles. The molecule has 1 saturated heterocycles. The molecule has 4 atom stereocenters. The van der Waals surface area contributed by atoms with E-state index in [9.17, 15) is 4.79 Å². The highest BCUT2D eigenvalue weighted by Gasteiger charge is 2.46. The van der Waals surface area contributed by atoms with Gasteiger partial charge in [-0.1, -0.05) is 13.0 Å². The molecule has 0 spiro atoms. The van der Waals surface area contributed by atoms with E-state index >= 15 is 0 Å². The fourth-order valence-corrected chi connectivity index (χ4v) is 3.87. The van der Waals surface area contributed by atoms with Crippen molar-refractivity contribution < 1.29 is 9.53 Å². The van der Waals surface area contributed by atoms with Crippen LogP contribution < -0.4 is 0 Å². The van der Waals surface area contributed by atoms with Crippen molar-refractivity contribution in [3.63, 3.8) is 0 Å². The van der Waals surface area contributed by atoms with Crippen molar-refractivity contribution in [2.24, 2.45) is 17.8 Å².